The van der Waals surface area contributed by atoms with Crippen LogP contribution < -0.4 is 0 Å². The first-order valence-corrected chi connectivity index (χ1v) is 10.2. The molecule has 0 spiro atoms. The maximum absolute atomic E-state index is 14.3. The zero-order valence-electron chi connectivity index (χ0n) is 18.0. The monoisotopic (exact) mass is 479 g/mol. The van der Waals surface area contributed by atoms with Crippen molar-refractivity contribution in [2.75, 3.05) is 0 Å². The first-order chi connectivity index (χ1) is 16.1. The van der Waals surface area contributed by atoms with Gasteiger partial charge in [-0.2, -0.15) is 0 Å². The highest BCUT2D eigenvalue weighted by atomic mass is 19.2. The Kier molecular flexibility index (Phi) is 7.75. The van der Waals surface area contributed by atoms with Crippen molar-refractivity contribution in [3.05, 3.63) is 106 Å². The standard InChI is InChI=1S/C25H19F6NO2/c1-14(33)2-3-15-4-6-16(7-5-15)12-32(13-17-8-10-18(26)11-9-17)25(34)19-20(27)22(29)24(31)23(30)21(19)28/h4-11H,2-3,12-13H2,1H3. The van der Waals surface area contributed by atoms with Gasteiger partial charge in [0.1, 0.15) is 17.2 Å². The van der Waals surface area contributed by atoms with Crippen LogP contribution in [0.4, 0.5) is 26.3 Å². The molecule has 0 N–H and O–H groups in total. The molecule has 0 radical (unpaired) electrons. The lowest BCUT2D eigenvalue weighted by atomic mass is 10.0. The van der Waals surface area contributed by atoms with Gasteiger partial charge in [-0.05, 0) is 42.2 Å². The fourth-order valence-corrected chi connectivity index (χ4v) is 3.31. The molecule has 3 nitrogen and oxygen atoms in total. The van der Waals surface area contributed by atoms with E-state index in [9.17, 15) is 35.9 Å². The highest BCUT2D eigenvalue weighted by molar-refractivity contribution is 5.94. The highest BCUT2D eigenvalue weighted by Crippen LogP contribution is 2.26. The topological polar surface area (TPSA) is 37.4 Å². The number of hydrogen-bond acceptors (Lipinski definition) is 2. The number of amides is 1. The molecule has 1 amide bonds. The third kappa shape index (κ3) is 5.65. The van der Waals surface area contributed by atoms with Gasteiger partial charge in [-0.3, -0.25) is 4.79 Å². The number of carbonyl (C=O) groups excluding carboxylic acids is 2. The largest absolute Gasteiger partial charge is 0.330 e. The van der Waals surface area contributed by atoms with Crippen LogP contribution in [0, 0.1) is 34.9 Å². The Morgan fingerprint density at radius 1 is 0.647 bits per heavy atom. The molecule has 3 aromatic carbocycles. The van der Waals surface area contributed by atoms with Crippen molar-refractivity contribution in [2.24, 2.45) is 0 Å². The Hall–Kier alpha value is -3.62. The van der Waals surface area contributed by atoms with E-state index in [0.717, 1.165) is 22.6 Å². The van der Waals surface area contributed by atoms with Crippen molar-refractivity contribution >= 4 is 11.7 Å². The summed E-state index contributed by atoms with van der Waals surface area (Å²) < 4.78 is 82.7. The van der Waals surface area contributed by atoms with E-state index < -0.39 is 46.4 Å². The van der Waals surface area contributed by atoms with Crippen LogP contribution in [0.2, 0.25) is 0 Å². The summed E-state index contributed by atoms with van der Waals surface area (Å²) in [6.45, 7) is 0.945. The Morgan fingerprint density at radius 3 is 1.53 bits per heavy atom. The van der Waals surface area contributed by atoms with Crippen LogP contribution in [0.5, 0.6) is 0 Å². The summed E-state index contributed by atoms with van der Waals surface area (Å²) in [5.74, 6) is -13.2. The Morgan fingerprint density at radius 2 is 1.06 bits per heavy atom. The molecule has 178 valence electrons. The molecule has 0 aliphatic rings. The second-order valence-corrected chi connectivity index (χ2v) is 7.75. The fourth-order valence-electron chi connectivity index (χ4n) is 3.31. The second kappa shape index (κ2) is 10.5. The number of halogens is 6. The highest BCUT2D eigenvalue weighted by Gasteiger charge is 2.32. The van der Waals surface area contributed by atoms with E-state index in [-0.39, 0.29) is 18.9 Å². The third-order valence-corrected chi connectivity index (χ3v) is 5.16. The molecule has 0 fully saturated rings. The number of Topliss-reactive ketones (excluding diaryl/α,β-unsaturated/α-hetero) is 1. The van der Waals surface area contributed by atoms with Crippen molar-refractivity contribution in [3.8, 4) is 0 Å². The van der Waals surface area contributed by atoms with Gasteiger partial charge in [0.25, 0.3) is 5.91 Å². The van der Waals surface area contributed by atoms with Gasteiger partial charge in [0.2, 0.25) is 5.82 Å². The predicted octanol–water partition coefficient (Wildman–Crippen LogP) is 5.89. The molecule has 3 rings (SSSR count). The molecule has 3 aromatic rings. The molecular weight excluding hydrogens is 460 g/mol. The summed E-state index contributed by atoms with van der Waals surface area (Å²) >= 11 is 0. The van der Waals surface area contributed by atoms with E-state index in [4.69, 9.17) is 0 Å². The molecule has 0 saturated carbocycles. The van der Waals surface area contributed by atoms with E-state index >= 15 is 0 Å². The van der Waals surface area contributed by atoms with Crippen LogP contribution in [0.15, 0.2) is 48.5 Å². The Bertz CT molecular complexity index is 1180. The minimum atomic E-state index is -2.36. The van der Waals surface area contributed by atoms with Crippen molar-refractivity contribution in [3.63, 3.8) is 0 Å². The Labute approximate surface area is 191 Å². The smallest absolute Gasteiger partial charge is 0.260 e. The maximum atomic E-state index is 14.3. The van der Waals surface area contributed by atoms with Gasteiger partial charge in [-0.25, -0.2) is 26.3 Å². The van der Waals surface area contributed by atoms with E-state index in [1.54, 1.807) is 24.3 Å². The second-order valence-electron chi connectivity index (χ2n) is 7.75. The third-order valence-electron chi connectivity index (χ3n) is 5.16. The molecule has 0 saturated heterocycles. The summed E-state index contributed by atoms with van der Waals surface area (Å²) in [6, 6.07) is 11.5. The molecule has 0 unspecified atom stereocenters. The van der Waals surface area contributed by atoms with Crippen LogP contribution in [-0.4, -0.2) is 16.6 Å². The van der Waals surface area contributed by atoms with E-state index in [0.29, 0.717) is 24.0 Å². The Balaban J connectivity index is 1.95. The average molecular weight is 479 g/mol. The first kappa shape index (κ1) is 25.0. The maximum Gasteiger partial charge on any atom is 0.260 e. The lowest BCUT2D eigenvalue weighted by Gasteiger charge is -2.24. The number of benzene rings is 3. The van der Waals surface area contributed by atoms with Crippen molar-refractivity contribution in [1.82, 2.24) is 4.90 Å². The summed E-state index contributed by atoms with van der Waals surface area (Å²) in [7, 11) is 0. The molecular formula is C25H19F6NO2. The number of carbonyl (C=O) groups is 2. The number of ketones is 1. The lowest BCUT2D eigenvalue weighted by Crippen LogP contribution is -2.32. The van der Waals surface area contributed by atoms with Crippen molar-refractivity contribution in [1.29, 1.82) is 0 Å². The predicted molar refractivity (Wildman–Crippen MR) is 112 cm³/mol. The van der Waals surface area contributed by atoms with Gasteiger partial charge in [-0.1, -0.05) is 36.4 Å². The molecule has 9 heteroatoms. The average Bonchev–Trinajstić information content (AvgIpc) is 2.82. The van der Waals surface area contributed by atoms with E-state index in [2.05, 4.69) is 0 Å². The van der Waals surface area contributed by atoms with E-state index in [1.807, 2.05) is 0 Å². The van der Waals surface area contributed by atoms with Crippen LogP contribution in [0.3, 0.4) is 0 Å². The van der Waals surface area contributed by atoms with Crippen LogP contribution in [0.25, 0.3) is 0 Å². The molecule has 0 aliphatic carbocycles. The minimum Gasteiger partial charge on any atom is -0.330 e. The quantitative estimate of drug-likeness (QED) is 0.230. The van der Waals surface area contributed by atoms with Gasteiger partial charge < -0.3 is 9.69 Å². The normalized spacial score (nSPS) is 10.9. The van der Waals surface area contributed by atoms with Gasteiger partial charge in [0.05, 0.1) is 0 Å². The van der Waals surface area contributed by atoms with Crippen LogP contribution in [-0.2, 0) is 24.3 Å². The SMILES string of the molecule is CC(=O)CCc1ccc(CN(Cc2ccc(F)cc2)C(=O)c2c(F)c(F)c(F)c(F)c2F)cc1. The summed E-state index contributed by atoms with van der Waals surface area (Å²) in [5, 5.41) is 0. The minimum absolute atomic E-state index is 0.0166. The van der Waals surface area contributed by atoms with Crippen molar-refractivity contribution < 1.29 is 35.9 Å². The molecule has 0 heterocycles. The summed E-state index contributed by atoms with van der Waals surface area (Å²) in [4.78, 5) is 25.1. The molecule has 34 heavy (non-hydrogen) atoms. The molecule has 0 aliphatic heterocycles. The summed E-state index contributed by atoms with van der Waals surface area (Å²) in [6.07, 6.45) is 0.840. The van der Waals surface area contributed by atoms with Crippen LogP contribution in [0.1, 0.15) is 40.4 Å². The van der Waals surface area contributed by atoms with Gasteiger partial charge >= 0.3 is 0 Å². The number of aryl methyl sites for hydroxylation is 1. The lowest BCUT2D eigenvalue weighted by molar-refractivity contribution is -0.116. The zero-order valence-corrected chi connectivity index (χ0v) is 18.0. The fraction of sp³-hybridized carbons (Fsp3) is 0.200. The summed E-state index contributed by atoms with van der Waals surface area (Å²) in [5.41, 5.74) is 0.148. The number of nitrogens with zero attached hydrogens (tertiary/aromatic N) is 1. The zero-order chi connectivity index (χ0) is 25.0. The molecule has 0 atom stereocenters. The van der Waals surface area contributed by atoms with E-state index in [1.165, 1.54) is 19.1 Å². The van der Waals surface area contributed by atoms with Gasteiger partial charge in [0.15, 0.2) is 23.3 Å². The molecule has 0 bridgehead atoms. The first-order valence-electron chi connectivity index (χ1n) is 10.2. The van der Waals surface area contributed by atoms with Crippen LogP contribution >= 0.6 is 0 Å². The number of rotatable bonds is 8. The van der Waals surface area contributed by atoms with Crippen molar-refractivity contribution in [2.45, 2.75) is 32.9 Å². The number of hydrogen-bond donors (Lipinski definition) is 0. The molecule has 0 aromatic heterocycles. The van der Waals surface area contributed by atoms with Gasteiger partial charge in [-0.15, -0.1) is 0 Å². The van der Waals surface area contributed by atoms with Gasteiger partial charge in [0, 0.05) is 19.5 Å².